The first-order chi connectivity index (χ1) is 11.5. The Morgan fingerprint density at radius 2 is 1.75 bits per heavy atom. The molecule has 1 unspecified atom stereocenters. The Labute approximate surface area is 135 Å². The molecule has 1 atom stereocenters. The molecule has 1 aliphatic heterocycles. The van der Waals surface area contributed by atoms with E-state index in [2.05, 4.69) is 10.6 Å². The lowest BCUT2D eigenvalue weighted by Crippen LogP contribution is -2.32. The molecular formula is C16H11N3O5. The number of benzene rings is 2. The molecule has 0 saturated heterocycles. The number of ketones is 1. The van der Waals surface area contributed by atoms with Crippen LogP contribution in [0.5, 0.6) is 0 Å². The molecule has 0 aliphatic carbocycles. The SMILES string of the molecule is O=C(Nc1ccccc1[N+](=O)[O-])C(=O)C1C(=O)Nc2ccccc21. The van der Waals surface area contributed by atoms with Gasteiger partial charge in [0.1, 0.15) is 11.6 Å². The van der Waals surface area contributed by atoms with Crippen LogP contribution in [0.1, 0.15) is 11.5 Å². The van der Waals surface area contributed by atoms with E-state index in [1.807, 2.05) is 0 Å². The number of nitro groups is 1. The van der Waals surface area contributed by atoms with Crippen molar-refractivity contribution in [1.29, 1.82) is 0 Å². The second-order valence-corrected chi connectivity index (χ2v) is 5.10. The summed E-state index contributed by atoms with van der Waals surface area (Å²) in [5.74, 6) is -3.92. The molecule has 0 radical (unpaired) electrons. The number of rotatable bonds is 4. The molecule has 24 heavy (non-hydrogen) atoms. The van der Waals surface area contributed by atoms with Gasteiger partial charge in [0, 0.05) is 11.8 Å². The van der Waals surface area contributed by atoms with E-state index in [9.17, 15) is 24.5 Å². The highest BCUT2D eigenvalue weighted by molar-refractivity contribution is 6.47. The van der Waals surface area contributed by atoms with E-state index in [1.54, 1.807) is 24.3 Å². The maximum Gasteiger partial charge on any atom is 0.293 e. The number of anilines is 2. The fourth-order valence-electron chi connectivity index (χ4n) is 2.52. The number of carbonyl (C=O) groups is 3. The Morgan fingerprint density at radius 1 is 1.08 bits per heavy atom. The van der Waals surface area contributed by atoms with Crippen LogP contribution in [0.3, 0.4) is 0 Å². The van der Waals surface area contributed by atoms with Crippen molar-refractivity contribution in [2.45, 2.75) is 5.92 Å². The van der Waals surface area contributed by atoms with Gasteiger partial charge in [-0.25, -0.2) is 0 Å². The van der Waals surface area contributed by atoms with Crippen LogP contribution in [0.25, 0.3) is 0 Å². The fourth-order valence-corrected chi connectivity index (χ4v) is 2.52. The van der Waals surface area contributed by atoms with E-state index in [-0.39, 0.29) is 11.4 Å². The molecule has 1 heterocycles. The molecule has 0 aromatic heterocycles. The van der Waals surface area contributed by atoms with Crippen molar-refractivity contribution in [2.75, 3.05) is 10.6 Å². The van der Waals surface area contributed by atoms with Crippen LogP contribution in [-0.4, -0.2) is 22.5 Å². The molecule has 0 saturated carbocycles. The van der Waals surface area contributed by atoms with Crippen LogP contribution in [0.4, 0.5) is 17.1 Å². The molecular weight excluding hydrogens is 314 g/mol. The Kier molecular flexibility index (Phi) is 3.78. The van der Waals surface area contributed by atoms with Crippen LogP contribution in [0, 0.1) is 10.1 Å². The Balaban J connectivity index is 1.85. The lowest BCUT2D eigenvalue weighted by atomic mass is 9.95. The number of hydrogen-bond acceptors (Lipinski definition) is 5. The smallest absolute Gasteiger partial charge is 0.293 e. The fraction of sp³-hybridized carbons (Fsp3) is 0.0625. The first-order valence-electron chi connectivity index (χ1n) is 6.97. The molecule has 2 aromatic rings. The molecule has 1 aliphatic rings. The molecule has 0 fully saturated rings. The van der Waals surface area contributed by atoms with Gasteiger partial charge in [-0.1, -0.05) is 30.3 Å². The van der Waals surface area contributed by atoms with Crippen LogP contribution in [0.2, 0.25) is 0 Å². The zero-order chi connectivity index (χ0) is 17.3. The standard InChI is InChI=1S/C16H11N3O5/c20-14(13-9-5-1-2-6-10(9)17-15(13)21)16(22)18-11-7-3-4-8-12(11)19(23)24/h1-8,13H,(H,17,21)(H,18,22). The van der Waals surface area contributed by atoms with E-state index in [0.29, 0.717) is 11.3 Å². The van der Waals surface area contributed by atoms with Gasteiger partial charge in [0.05, 0.1) is 4.92 Å². The van der Waals surface area contributed by atoms with Crippen LogP contribution in [-0.2, 0) is 14.4 Å². The van der Waals surface area contributed by atoms with Gasteiger partial charge < -0.3 is 10.6 Å². The zero-order valence-electron chi connectivity index (χ0n) is 12.2. The van der Waals surface area contributed by atoms with Crippen LogP contribution >= 0.6 is 0 Å². The predicted octanol–water partition coefficient (Wildman–Crippen LogP) is 1.84. The number of hydrogen-bond donors (Lipinski definition) is 2. The van der Waals surface area contributed by atoms with E-state index in [0.717, 1.165) is 0 Å². The van der Waals surface area contributed by atoms with Crippen molar-refractivity contribution in [3.8, 4) is 0 Å². The number of fused-ring (bicyclic) bond motifs is 1. The largest absolute Gasteiger partial charge is 0.325 e. The topological polar surface area (TPSA) is 118 Å². The molecule has 2 aromatic carbocycles. The minimum Gasteiger partial charge on any atom is -0.325 e. The summed E-state index contributed by atoms with van der Waals surface area (Å²) in [7, 11) is 0. The first-order valence-corrected chi connectivity index (χ1v) is 6.97. The summed E-state index contributed by atoms with van der Waals surface area (Å²) in [6, 6.07) is 12.0. The third kappa shape index (κ3) is 2.60. The Morgan fingerprint density at radius 3 is 2.50 bits per heavy atom. The third-order valence-corrected chi connectivity index (χ3v) is 3.63. The second-order valence-electron chi connectivity index (χ2n) is 5.10. The van der Waals surface area contributed by atoms with Crippen molar-refractivity contribution in [2.24, 2.45) is 0 Å². The van der Waals surface area contributed by atoms with Gasteiger partial charge in [-0.15, -0.1) is 0 Å². The maximum atomic E-state index is 12.4. The summed E-state index contributed by atoms with van der Waals surface area (Å²) in [6.07, 6.45) is 0. The number of carbonyl (C=O) groups excluding carboxylic acids is 3. The molecule has 2 N–H and O–H groups in total. The summed E-state index contributed by atoms with van der Waals surface area (Å²) in [6.45, 7) is 0. The third-order valence-electron chi connectivity index (χ3n) is 3.63. The molecule has 3 rings (SSSR count). The molecule has 2 amide bonds. The highest BCUT2D eigenvalue weighted by atomic mass is 16.6. The molecule has 0 spiro atoms. The van der Waals surface area contributed by atoms with Crippen molar-refractivity contribution >= 4 is 34.7 Å². The number of para-hydroxylation sites is 3. The molecule has 120 valence electrons. The highest BCUT2D eigenvalue weighted by Gasteiger charge is 2.39. The minimum atomic E-state index is -1.26. The van der Waals surface area contributed by atoms with Gasteiger partial charge >= 0.3 is 0 Å². The highest BCUT2D eigenvalue weighted by Crippen LogP contribution is 2.33. The molecule has 8 heteroatoms. The van der Waals surface area contributed by atoms with Crippen LogP contribution < -0.4 is 10.6 Å². The number of nitrogens with one attached hydrogen (secondary N) is 2. The van der Waals surface area contributed by atoms with Gasteiger partial charge in [0.25, 0.3) is 11.6 Å². The average Bonchev–Trinajstić information content (AvgIpc) is 2.90. The van der Waals surface area contributed by atoms with Gasteiger partial charge in [-0.05, 0) is 17.7 Å². The van der Waals surface area contributed by atoms with E-state index in [4.69, 9.17) is 0 Å². The van der Waals surface area contributed by atoms with E-state index in [1.165, 1.54) is 24.3 Å². The van der Waals surface area contributed by atoms with Crippen LogP contribution in [0.15, 0.2) is 48.5 Å². The normalized spacial score (nSPS) is 15.3. The quantitative estimate of drug-likeness (QED) is 0.385. The maximum absolute atomic E-state index is 12.4. The summed E-state index contributed by atoms with van der Waals surface area (Å²) in [5, 5.41) is 15.7. The van der Waals surface area contributed by atoms with Crippen molar-refractivity contribution < 1.29 is 19.3 Å². The average molecular weight is 325 g/mol. The molecule has 8 nitrogen and oxygen atoms in total. The van der Waals surface area contributed by atoms with Gasteiger partial charge in [-0.3, -0.25) is 24.5 Å². The minimum absolute atomic E-state index is 0.104. The van der Waals surface area contributed by atoms with Crippen molar-refractivity contribution in [3.63, 3.8) is 0 Å². The predicted molar refractivity (Wildman–Crippen MR) is 84.5 cm³/mol. The number of nitrogens with zero attached hydrogens (tertiary/aromatic N) is 1. The monoisotopic (exact) mass is 325 g/mol. The van der Waals surface area contributed by atoms with E-state index < -0.39 is 28.4 Å². The number of Topliss-reactive ketones (excluding diaryl/α,β-unsaturated/α-hetero) is 1. The Hall–Kier alpha value is -3.55. The van der Waals surface area contributed by atoms with E-state index >= 15 is 0 Å². The summed E-state index contributed by atoms with van der Waals surface area (Å²) < 4.78 is 0. The van der Waals surface area contributed by atoms with Crippen molar-refractivity contribution in [1.82, 2.24) is 0 Å². The zero-order valence-corrected chi connectivity index (χ0v) is 12.2. The Bertz CT molecular complexity index is 878. The lowest BCUT2D eigenvalue weighted by Gasteiger charge is -2.09. The first kappa shape index (κ1) is 15.3. The van der Waals surface area contributed by atoms with Gasteiger partial charge in [-0.2, -0.15) is 0 Å². The number of amides is 2. The summed E-state index contributed by atoms with van der Waals surface area (Å²) in [4.78, 5) is 46.8. The van der Waals surface area contributed by atoms with Gasteiger partial charge in [0.15, 0.2) is 0 Å². The van der Waals surface area contributed by atoms with Crippen molar-refractivity contribution in [3.05, 3.63) is 64.2 Å². The van der Waals surface area contributed by atoms with Gasteiger partial charge in [0.2, 0.25) is 11.7 Å². The summed E-state index contributed by atoms with van der Waals surface area (Å²) in [5.41, 5.74) is 0.437. The number of nitro benzene ring substituents is 1. The second kappa shape index (κ2) is 5.92. The lowest BCUT2D eigenvalue weighted by molar-refractivity contribution is -0.383. The summed E-state index contributed by atoms with van der Waals surface area (Å²) >= 11 is 0. The molecule has 0 bridgehead atoms.